The van der Waals surface area contributed by atoms with Crippen LogP contribution in [0.15, 0.2) is 16.8 Å². The van der Waals surface area contributed by atoms with Gasteiger partial charge in [0.2, 0.25) is 0 Å². The van der Waals surface area contributed by atoms with E-state index in [2.05, 4.69) is 5.16 Å². The highest BCUT2D eigenvalue weighted by Gasteiger charge is 1.74. The lowest BCUT2D eigenvalue weighted by Crippen LogP contribution is -1.98. The van der Waals surface area contributed by atoms with E-state index in [1.807, 2.05) is 0 Å². The van der Waals surface area contributed by atoms with Crippen LogP contribution in [0.4, 0.5) is 0 Å². The lowest BCUT2D eigenvalue weighted by atomic mass is 10.5. The van der Waals surface area contributed by atoms with E-state index in [1.165, 1.54) is 5.54 Å². The largest absolute Gasteiger partial charge is 0.392 e. The standard InChI is InChI=1S/C6H11ClN2O/c7-3-1-6-10-9-5-2-4-8/h1,3,5H,2,4,6,8H2/b3-1+,9-5+. The average molecular weight is 163 g/mol. The highest BCUT2D eigenvalue weighted by atomic mass is 35.5. The zero-order chi connectivity index (χ0) is 7.66. The molecular formula is C6H11ClN2O. The van der Waals surface area contributed by atoms with Crippen molar-refractivity contribution >= 4 is 17.8 Å². The van der Waals surface area contributed by atoms with E-state index in [0.29, 0.717) is 13.2 Å². The van der Waals surface area contributed by atoms with Gasteiger partial charge in [0.25, 0.3) is 0 Å². The molecule has 0 rings (SSSR count). The second-order valence-corrected chi connectivity index (χ2v) is 1.77. The zero-order valence-electron chi connectivity index (χ0n) is 5.66. The Kier molecular flexibility index (Phi) is 8.00. The molecule has 58 valence electrons. The van der Waals surface area contributed by atoms with Gasteiger partial charge in [0.15, 0.2) is 0 Å². The molecule has 0 amide bonds. The van der Waals surface area contributed by atoms with Gasteiger partial charge >= 0.3 is 0 Å². The third kappa shape index (κ3) is 7.46. The minimum absolute atomic E-state index is 0.407. The summed E-state index contributed by atoms with van der Waals surface area (Å²) in [6.45, 7) is 1.00. The Morgan fingerprint density at radius 1 is 1.60 bits per heavy atom. The summed E-state index contributed by atoms with van der Waals surface area (Å²) in [4.78, 5) is 4.72. The Labute approximate surface area is 65.5 Å². The molecule has 0 fully saturated rings. The Morgan fingerprint density at radius 3 is 3.00 bits per heavy atom. The topological polar surface area (TPSA) is 47.6 Å². The van der Waals surface area contributed by atoms with Crippen molar-refractivity contribution in [2.24, 2.45) is 10.9 Å². The van der Waals surface area contributed by atoms with Crippen molar-refractivity contribution in [3.8, 4) is 0 Å². The molecule has 0 atom stereocenters. The molecule has 0 radical (unpaired) electrons. The van der Waals surface area contributed by atoms with Crippen LogP contribution >= 0.6 is 11.6 Å². The Morgan fingerprint density at radius 2 is 2.40 bits per heavy atom. The van der Waals surface area contributed by atoms with Crippen molar-refractivity contribution in [3.63, 3.8) is 0 Å². The molecule has 0 aliphatic carbocycles. The van der Waals surface area contributed by atoms with Gasteiger partial charge in [-0.2, -0.15) is 0 Å². The molecule has 0 aliphatic heterocycles. The van der Waals surface area contributed by atoms with Crippen molar-refractivity contribution in [3.05, 3.63) is 11.6 Å². The number of nitrogens with two attached hydrogens (primary N) is 1. The lowest BCUT2D eigenvalue weighted by Gasteiger charge is -1.89. The van der Waals surface area contributed by atoms with Gasteiger partial charge in [-0.25, -0.2) is 0 Å². The third-order valence-corrected chi connectivity index (χ3v) is 0.883. The van der Waals surface area contributed by atoms with E-state index in [-0.39, 0.29) is 0 Å². The molecule has 0 bridgehead atoms. The summed E-state index contributed by atoms with van der Waals surface area (Å²) in [6.07, 6.45) is 4.02. The highest BCUT2D eigenvalue weighted by molar-refractivity contribution is 6.25. The predicted molar refractivity (Wildman–Crippen MR) is 43.1 cm³/mol. The number of hydrogen-bond donors (Lipinski definition) is 1. The normalized spacial score (nSPS) is 11.4. The van der Waals surface area contributed by atoms with Crippen molar-refractivity contribution < 1.29 is 4.84 Å². The summed E-state index contributed by atoms with van der Waals surface area (Å²) in [7, 11) is 0. The van der Waals surface area contributed by atoms with Crippen molar-refractivity contribution in [1.82, 2.24) is 0 Å². The molecule has 0 aliphatic rings. The van der Waals surface area contributed by atoms with Crippen LogP contribution in [0.1, 0.15) is 6.42 Å². The summed E-state index contributed by atoms with van der Waals surface area (Å²) in [5.74, 6) is 0. The van der Waals surface area contributed by atoms with E-state index in [1.54, 1.807) is 12.3 Å². The summed E-state index contributed by atoms with van der Waals surface area (Å²) in [5.41, 5.74) is 6.57. The van der Waals surface area contributed by atoms with Gasteiger partial charge in [-0.05, 0) is 19.0 Å². The molecule has 2 N–H and O–H groups in total. The van der Waals surface area contributed by atoms with Crippen LogP contribution in [0, 0.1) is 0 Å². The van der Waals surface area contributed by atoms with Gasteiger partial charge in [-0.3, -0.25) is 0 Å². The van der Waals surface area contributed by atoms with Crippen LogP contribution in [0.3, 0.4) is 0 Å². The number of hydrogen-bond acceptors (Lipinski definition) is 3. The molecule has 4 heteroatoms. The number of oxime groups is 1. The summed E-state index contributed by atoms with van der Waals surface area (Å²) in [6, 6.07) is 0. The number of halogens is 1. The van der Waals surface area contributed by atoms with E-state index >= 15 is 0 Å². The molecule has 0 heterocycles. The average Bonchev–Trinajstić information content (AvgIpc) is 1.97. The number of nitrogens with zero attached hydrogens (tertiary/aromatic N) is 1. The van der Waals surface area contributed by atoms with Crippen LogP contribution in [-0.2, 0) is 4.84 Å². The monoisotopic (exact) mass is 162 g/mol. The highest BCUT2D eigenvalue weighted by Crippen LogP contribution is 1.81. The molecule has 0 unspecified atom stereocenters. The SMILES string of the molecule is NCC/C=N/OC/C=C/Cl. The smallest absolute Gasteiger partial charge is 0.136 e. The van der Waals surface area contributed by atoms with E-state index in [0.717, 1.165) is 6.42 Å². The van der Waals surface area contributed by atoms with E-state index < -0.39 is 0 Å². The van der Waals surface area contributed by atoms with Crippen molar-refractivity contribution in [1.29, 1.82) is 0 Å². The molecule has 10 heavy (non-hydrogen) atoms. The lowest BCUT2D eigenvalue weighted by molar-refractivity contribution is 0.176. The first-order valence-electron chi connectivity index (χ1n) is 3.01. The quantitative estimate of drug-likeness (QED) is 0.374. The number of rotatable bonds is 5. The second-order valence-electron chi connectivity index (χ2n) is 1.52. The molecule has 0 aromatic carbocycles. The fourth-order valence-electron chi connectivity index (χ4n) is 0.302. The maximum Gasteiger partial charge on any atom is 0.136 e. The molecule has 0 aromatic rings. The molecule has 0 spiro atoms. The first kappa shape index (κ1) is 9.46. The predicted octanol–water partition coefficient (Wildman–Crippen LogP) is 1.09. The Balaban J connectivity index is 3.02. The minimum atomic E-state index is 0.407. The molecular weight excluding hydrogens is 152 g/mol. The van der Waals surface area contributed by atoms with Crippen molar-refractivity contribution in [2.45, 2.75) is 6.42 Å². The van der Waals surface area contributed by atoms with Gasteiger partial charge < -0.3 is 10.6 Å². The maximum atomic E-state index is 5.21. The van der Waals surface area contributed by atoms with Crippen LogP contribution in [0.2, 0.25) is 0 Å². The summed E-state index contributed by atoms with van der Waals surface area (Å²) >= 11 is 5.21. The maximum absolute atomic E-state index is 5.21. The second kappa shape index (κ2) is 8.46. The Hall–Kier alpha value is -0.540. The summed E-state index contributed by atoms with van der Waals surface area (Å²) in [5, 5.41) is 3.58. The van der Waals surface area contributed by atoms with Crippen LogP contribution in [0.5, 0.6) is 0 Å². The third-order valence-electron chi connectivity index (χ3n) is 0.705. The molecule has 0 aromatic heterocycles. The van der Waals surface area contributed by atoms with Crippen molar-refractivity contribution in [2.75, 3.05) is 13.2 Å². The van der Waals surface area contributed by atoms with E-state index in [9.17, 15) is 0 Å². The molecule has 3 nitrogen and oxygen atoms in total. The fraction of sp³-hybridized carbons (Fsp3) is 0.500. The van der Waals surface area contributed by atoms with Gasteiger partial charge in [0.1, 0.15) is 6.61 Å². The van der Waals surface area contributed by atoms with Gasteiger partial charge in [-0.15, -0.1) is 0 Å². The van der Waals surface area contributed by atoms with Gasteiger partial charge in [0, 0.05) is 11.7 Å². The summed E-state index contributed by atoms with van der Waals surface area (Å²) < 4.78 is 0. The van der Waals surface area contributed by atoms with Gasteiger partial charge in [0.05, 0.1) is 0 Å². The van der Waals surface area contributed by atoms with Crippen LogP contribution < -0.4 is 5.73 Å². The minimum Gasteiger partial charge on any atom is -0.392 e. The van der Waals surface area contributed by atoms with Gasteiger partial charge in [-0.1, -0.05) is 16.8 Å². The zero-order valence-corrected chi connectivity index (χ0v) is 6.42. The van der Waals surface area contributed by atoms with Crippen LogP contribution in [-0.4, -0.2) is 19.4 Å². The molecule has 0 saturated carbocycles. The Bertz CT molecular complexity index is 114. The first-order valence-corrected chi connectivity index (χ1v) is 3.44. The fourth-order valence-corrected chi connectivity index (χ4v) is 0.375. The van der Waals surface area contributed by atoms with Crippen LogP contribution in [0.25, 0.3) is 0 Å². The first-order chi connectivity index (χ1) is 4.91. The molecule has 0 saturated heterocycles. The van der Waals surface area contributed by atoms with E-state index in [4.69, 9.17) is 22.2 Å².